The standard InChI is InChI=1S/C20H29N3O2/c24-19-10-6-14-22(19)16-12-18-9-4-5-15-23(18)20(25)21-13-11-17-7-2-1-3-8-17/h1-3,7-8,18H,4-6,9-16H2,(H,21,25). The molecule has 2 saturated heterocycles. The topological polar surface area (TPSA) is 52.7 Å². The summed E-state index contributed by atoms with van der Waals surface area (Å²) in [4.78, 5) is 28.3. The molecule has 5 nitrogen and oxygen atoms in total. The maximum atomic E-state index is 12.6. The lowest BCUT2D eigenvalue weighted by molar-refractivity contribution is -0.127. The number of amides is 3. The first-order valence-electron chi connectivity index (χ1n) is 9.60. The lowest BCUT2D eigenvalue weighted by atomic mass is 9.99. The summed E-state index contributed by atoms with van der Waals surface area (Å²) in [6.45, 7) is 3.17. The van der Waals surface area contributed by atoms with Gasteiger partial charge in [-0.25, -0.2) is 4.79 Å². The van der Waals surface area contributed by atoms with E-state index in [4.69, 9.17) is 0 Å². The highest BCUT2D eigenvalue weighted by atomic mass is 16.2. The lowest BCUT2D eigenvalue weighted by Gasteiger charge is -2.36. The Morgan fingerprint density at radius 1 is 1.12 bits per heavy atom. The Kier molecular flexibility index (Phi) is 6.31. The van der Waals surface area contributed by atoms with Gasteiger partial charge >= 0.3 is 6.03 Å². The molecule has 1 unspecified atom stereocenters. The maximum Gasteiger partial charge on any atom is 0.317 e. The van der Waals surface area contributed by atoms with Gasteiger partial charge in [0.15, 0.2) is 0 Å². The Morgan fingerprint density at radius 3 is 2.72 bits per heavy atom. The maximum absolute atomic E-state index is 12.6. The molecule has 25 heavy (non-hydrogen) atoms. The molecule has 0 bridgehead atoms. The van der Waals surface area contributed by atoms with Crippen LogP contribution < -0.4 is 5.32 Å². The average Bonchev–Trinajstić information content (AvgIpc) is 3.06. The Balaban J connectivity index is 1.46. The first-order valence-corrected chi connectivity index (χ1v) is 9.60. The molecule has 2 aliphatic heterocycles. The zero-order chi connectivity index (χ0) is 17.5. The summed E-state index contributed by atoms with van der Waals surface area (Å²) in [5.74, 6) is 0.273. The SMILES string of the molecule is O=C1CCCN1CCC1CCCCN1C(=O)NCCc1ccccc1. The van der Waals surface area contributed by atoms with E-state index in [2.05, 4.69) is 17.4 Å². The molecule has 1 N–H and O–H groups in total. The second-order valence-electron chi connectivity index (χ2n) is 7.08. The van der Waals surface area contributed by atoms with Crippen molar-refractivity contribution in [3.05, 3.63) is 35.9 Å². The van der Waals surface area contributed by atoms with Crippen molar-refractivity contribution in [2.45, 2.75) is 51.0 Å². The van der Waals surface area contributed by atoms with Crippen molar-refractivity contribution in [1.29, 1.82) is 0 Å². The van der Waals surface area contributed by atoms with Crippen molar-refractivity contribution in [3.63, 3.8) is 0 Å². The number of carbonyl (C=O) groups excluding carboxylic acids is 2. The van der Waals surface area contributed by atoms with Gasteiger partial charge in [-0.05, 0) is 44.1 Å². The van der Waals surface area contributed by atoms with Crippen LogP contribution in [0.3, 0.4) is 0 Å². The summed E-state index contributed by atoms with van der Waals surface area (Å²) in [5, 5.41) is 3.07. The molecule has 0 aliphatic carbocycles. The zero-order valence-electron chi connectivity index (χ0n) is 15.0. The van der Waals surface area contributed by atoms with E-state index in [1.807, 2.05) is 28.0 Å². The van der Waals surface area contributed by atoms with Crippen molar-refractivity contribution in [2.75, 3.05) is 26.2 Å². The fourth-order valence-electron chi connectivity index (χ4n) is 3.87. The smallest absolute Gasteiger partial charge is 0.317 e. The zero-order valence-corrected chi connectivity index (χ0v) is 15.0. The molecule has 1 atom stereocenters. The normalized spacial score (nSPS) is 20.8. The lowest BCUT2D eigenvalue weighted by Crippen LogP contribution is -2.50. The molecule has 0 saturated carbocycles. The third-order valence-electron chi connectivity index (χ3n) is 5.32. The summed E-state index contributed by atoms with van der Waals surface area (Å²) in [5.41, 5.74) is 1.24. The molecule has 2 heterocycles. The molecule has 3 amide bonds. The van der Waals surface area contributed by atoms with Crippen LogP contribution in [0.4, 0.5) is 4.79 Å². The van der Waals surface area contributed by atoms with Gasteiger partial charge in [0, 0.05) is 38.6 Å². The van der Waals surface area contributed by atoms with Crippen LogP contribution in [0.2, 0.25) is 0 Å². The van der Waals surface area contributed by atoms with E-state index < -0.39 is 0 Å². The Bertz CT molecular complexity index is 576. The quantitative estimate of drug-likeness (QED) is 0.863. The molecule has 1 aromatic carbocycles. The summed E-state index contributed by atoms with van der Waals surface area (Å²) < 4.78 is 0. The Morgan fingerprint density at radius 2 is 1.96 bits per heavy atom. The number of carbonyl (C=O) groups is 2. The van der Waals surface area contributed by atoms with Gasteiger partial charge in [0.2, 0.25) is 5.91 Å². The highest BCUT2D eigenvalue weighted by Gasteiger charge is 2.28. The van der Waals surface area contributed by atoms with Gasteiger partial charge in [-0.2, -0.15) is 0 Å². The van der Waals surface area contributed by atoms with E-state index in [1.54, 1.807) is 0 Å². The highest BCUT2D eigenvalue weighted by molar-refractivity contribution is 5.78. The summed E-state index contributed by atoms with van der Waals surface area (Å²) in [6.07, 6.45) is 6.72. The Labute approximate surface area is 150 Å². The number of nitrogens with zero attached hydrogens (tertiary/aromatic N) is 2. The second kappa shape index (κ2) is 8.88. The molecule has 136 valence electrons. The molecule has 5 heteroatoms. The predicted octanol–water partition coefficient (Wildman–Crippen LogP) is 2.81. The average molecular weight is 343 g/mol. The predicted molar refractivity (Wildman–Crippen MR) is 98.3 cm³/mol. The van der Waals surface area contributed by atoms with Gasteiger partial charge < -0.3 is 15.1 Å². The van der Waals surface area contributed by atoms with E-state index in [0.29, 0.717) is 13.0 Å². The van der Waals surface area contributed by atoms with Crippen LogP contribution in [0, 0.1) is 0 Å². The number of likely N-dealkylation sites (tertiary alicyclic amines) is 2. The van der Waals surface area contributed by atoms with Crippen molar-refractivity contribution < 1.29 is 9.59 Å². The highest BCUT2D eigenvalue weighted by Crippen LogP contribution is 2.21. The second-order valence-corrected chi connectivity index (χ2v) is 7.08. The number of hydrogen-bond acceptors (Lipinski definition) is 2. The van der Waals surface area contributed by atoms with E-state index in [0.717, 1.165) is 51.7 Å². The largest absolute Gasteiger partial charge is 0.343 e. The van der Waals surface area contributed by atoms with Crippen LogP contribution in [0.15, 0.2) is 30.3 Å². The number of nitrogens with one attached hydrogen (secondary N) is 1. The number of piperidine rings is 1. The fourth-order valence-corrected chi connectivity index (χ4v) is 3.87. The third kappa shape index (κ3) is 4.97. The molecule has 0 spiro atoms. The molecular weight excluding hydrogens is 314 g/mol. The van der Waals surface area contributed by atoms with Crippen LogP contribution >= 0.6 is 0 Å². The molecule has 2 aliphatic rings. The minimum absolute atomic E-state index is 0.0494. The van der Waals surface area contributed by atoms with Gasteiger partial charge in [0.25, 0.3) is 0 Å². The minimum Gasteiger partial charge on any atom is -0.343 e. The number of rotatable bonds is 6. The van der Waals surface area contributed by atoms with Gasteiger partial charge in [0.05, 0.1) is 0 Å². The van der Waals surface area contributed by atoms with Crippen LogP contribution in [0.1, 0.15) is 44.1 Å². The summed E-state index contributed by atoms with van der Waals surface area (Å²) >= 11 is 0. The number of hydrogen-bond donors (Lipinski definition) is 1. The molecule has 0 aromatic heterocycles. The van der Waals surface area contributed by atoms with Gasteiger partial charge in [-0.1, -0.05) is 30.3 Å². The first-order chi connectivity index (χ1) is 12.2. The van der Waals surface area contributed by atoms with Crippen molar-refractivity contribution in [1.82, 2.24) is 15.1 Å². The third-order valence-corrected chi connectivity index (χ3v) is 5.32. The van der Waals surface area contributed by atoms with Gasteiger partial charge in [-0.3, -0.25) is 4.79 Å². The van der Waals surface area contributed by atoms with Crippen LogP contribution in [0.25, 0.3) is 0 Å². The summed E-state index contributed by atoms with van der Waals surface area (Å²) in [6, 6.07) is 10.5. The fraction of sp³-hybridized carbons (Fsp3) is 0.600. The number of benzene rings is 1. The van der Waals surface area contributed by atoms with Crippen molar-refractivity contribution >= 4 is 11.9 Å². The van der Waals surface area contributed by atoms with Gasteiger partial charge in [0.1, 0.15) is 0 Å². The first kappa shape index (κ1) is 17.8. The van der Waals surface area contributed by atoms with Gasteiger partial charge in [-0.15, -0.1) is 0 Å². The van der Waals surface area contributed by atoms with Crippen molar-refractivity contribution in [2.24, 2.45) is 0 Å². The van der Waals surface area contributed by atoms with Crippen LogP contribution in [0.5, 0.6) is 0 Å². The van der Waals surface area contributed by atoms with Crippen LogP contribution in [-0.2, 0) is 11.2 Å². The minimum atomic E-state index is 0.0494. The van der Waals surface area contributed by atoms with E-state index in [9.17, 15) is 9.59 Å². The molecule has 3 rings (SSSR count). The molecule has 2 fully saturated rings. The number of urea groups is 1. The van der Waals surface area contributed by atoms with E-state index in [-0.39, 0.29) is 18.0 Å². The molecule has 1 aromatic rings. The monoisotopic (exact) mass is 343 g/mol. The van der Waals surface area contributed by atoms with Crippen molar-refractivity contribution in [3.8, 4) is 0 Å². The molecule has 0 radical (unpaired) electrons. The Hall–Kier alpha value is -2.04. The molecular formula is C20H29N3O2. The van der Waals surface area contributed by atoms with Crippen LogP contribution in [-0.4, -0.2) is 54.0 Å². The van der Waals surface area contributed by atoms with E-state index >= 15 is 0 Å². The van der Waals surface area contributed by atoms with E-state index in [1.165, 1.54) is 12.0 Å². The summed E-state index contributed by atoms with van der Waals surface area (Å²) in [7, 11) is 0.